The third kappa shape index (κ3) is 4.05. The lowest BCUT2D eigenvalue weighted by Crippen LogP contribution is -2.44. The van der Waals surface area contributed by atoms with Crippen molar-refractivity contribution >= 4 is 32.3 Å². The molecule has 16 heavy (non-hydrogen) atoms. The van der Waals surface area contributed by atoms with E-state index in [4.69, 9.17) is 0 Å². The average Bonchev–Trinajstić information content (AvgIpc) is 2.72. The van der Waals surface area contributed by atoms with Gasteiger partial charge in [0.25, 0.3) is 0 Å². The molecule has 0 bridgehead atoms. The molecule has 1 saturated heterocycles. The zero-order chi connectivity index (χ0) is 11.2. The van der Waals surface area contributed by atoms with Crippen LogP contribution in [0.4, 0.5) is 5.00 Å². The zero-order valence-corrected chi connectivity index (χ0v) is 11.7. The molecule has 0 atom stereocenters. The Morgan fingerprint density at radius 3 is 2.94 bits per heavy atom. The Kier molecular flexibility index (Phi) is 5.09. The van der Waals surface area contributed by atoms with E-state index >= 15 is 0 Å². The minimum absolute atomic E-state index is 1.07. The highest BCUT2D eigenvalue weighted by Gasteiger charge is 2.08. The summed E-state index contributed by atoms with van der Waals surface area (Å²) in [4.78, 5) is 2.53. The lowest BCUT2D eigenvalue weighted by Gasteiger charge is -2.27. The van der Waals surface area contributed by atoms with Crippen molar-refractivity contribution in [3.63, 3.8) is 0 Å². The number of piperazine rings is 1. The maximum Gasteiger partial charge on any atom is 0.0894 e. The molecule has 0 amide bonds. The monoisotopic (exact) mass is 303 g/mol. The van der Waals surface area contributed by atoms with Crippen LogP contribution in [-0.4, -0.2) is 44.2 Å². The van der Waals surface area contributed by atoms with Gasteiger partial charge in [-0.05, 0) is 35.0 Å². The number of rotatable bonds is 5. The zero-order valence-electron chi connectivity index (χ0n) is 9.34. The van der Waals surface area contributed by atoms with E-state index in [-0.39, 0.29) is 0 Å². The van der Waals surface area contributed by atoms with Crippen LogP contribution in [0, 0.1) is 0 Å². The Morgan fingerprint density at radius 1 is 1.44 bits per heavy atom. The second-order valence-electron chi connectivity index (χ2n) is 4.00. The minimum atomic E-state index is 1.07. The Balaban J connectivity index is 1.57. The first-order valence-electron chi connectivity index (χ1n) is 5.75. The van der Waals surface area contributed by atoms with Crippen molar-refractivity contribution in [3.8, 4) is 0 Å². The molecule has 0 aliphatic carbocycles. The second kappa shape index (κ2) is 6.59. The summed E-state index contributed by atoms with van der Waals surface area (Å²) in [5, 5.41) is 10.2. The van der Waals surface area contributed by atoms with Gasteiger partial charge in [0.15, 0.2) is 0 Å². The molecular formula is C11H18BrN3S. The third-order valence-corrected chi connectivity index (χ3v) is 4.38. The fraction of sp³-hybridized carbons (Fsp3) is 0.636. The molecule has 0 aromatic carbocycles. The molecule has 5 heteroatoms. The van der Waals surface area contributed by atoms with Gasteiger partial charge in [-0.1, -0.05) is 0 Å². The summed E-state index contributed by atoms with van der Waals surface area (Å²) in [6.45, 7) is 6.96. The van der Waals surface area contributed by atoms with Gasteiger partial charge in [-0.3, -0.25) is 0 Å². The number of halogens is 1. The number of hydrogen-bond donors (Lipinski definition) is 2. The van der Waals surface area contributed by atoms with Crippen LogP contribution in [0.25, 0.3) is 0 Å². The van der Waals surface area contributed by atoms with Crippen molar-refractivity contribution in [1.29, 1.82) is 0 Å². The van der Waals surface area contributed by atoms with E-state index in [0.29, 0.717) is 0 Å². The summed E-state index contributed by atoms with van der Waals surface area (Å²) >= 11 is 5.21. The number of hydrogen-bond acceptors (Lipinski definition) is 4. The molecular weight excluding hydrogens is 286 g/mol. The van der Waals surface area contributed by atoms with E-state index in [2.05, 4.69) is 42.9 Å². The van der Waals surface area contributed by atoms with E-state index in [0.717, 1.165) is 19.6 Å². The molecule has 0 saturated carbocycles. The average molecular weight is 304 g/mol. The van der Waals surface area contributed by atoms with Gasteiger partial charge in [0.2, 0.25) is 0 Å². The van der Waals surface area contributed by atoms with Gasteiger partial charge in [0.1, 0.15) is 0 Å². The summed E-state index contributed by atoms with van der Waals surface area (Å²) in [6.07, 6.45) is 1.22. The molecule has 1 aromatic rings. The van der Waals surface area contributed by atoms with Crippen molar-refractivity contribution in [2.75, 3.05) is 44.6 Å². The van der Waals surface area contributed by atoms with E-state index in [1.54, 1.807) is 11.3 Å². The van der Waals surface area contributed by atoms with Gasteiger partial charge in [0, 0.05) is 42.6 Å². The van der Waals surface area contributed by atoms with Gasteiger partial charge in [0.05, 0.1) is 5.00 Å². The first-order chi connectivity index (χ1) is 7.84. The fourth-order valence-corrected chi connectivity index (χ4v) is 3.20. The molecule has 2 heterocycles. The molecule has 0 spiro atoms. The SMILES string of the molecule is Brc1csc(NCCCN2CCNCC2)c1. The van der Waals surface area contributed by atoms with Gasteiger partial charge in [-0.2, -0.15) is 0 Å². The van der Waals surface area contributed by atoms with Crippen molar-refractivity contribution < 1.29 is 0 Å². The number of anilines is 1. The van der Waals surface area contributed by atoms with Crippen LogP contribution in [0.5, 0.6) is 0 Å². The van der Waals surface area contributed by atoms with Crippen LogP contribution < -0.4 is 10.6 Å². The predicted molar refractivity (Wildman–Crippen MR) is 74.4 cm³/mol. The molecule has 3 nitrogen and oxygen atoms in total. The minimum Gasteiger partial charge on any atom is -0.377 e. The molecule has 1 aliphatic rings. The maximum atomic E-state index is 3.46. The van der Waals surface area contributed by atoms with Crippen molar-refractivity contribution in [2.45, 2.75) is 6.42 Å². The topological polar surface area (TPSA) is 27.3 Å². The number of thiophene rings is 1. The van der Waals surface area contributed by atoms with E-state index < -0.39 is 0 Å². The Labute approximate surface area is 109 Å². The Hall–Kier alpha value is -0.100. The van der Waals surface area contributed by atoms with E-state index in [1.165, 1.54) is 35.5 Å². The van der Waals surface area contributed by atoms with Crippen molar-refractivity contribution in [3.05, 3.63) is 15.9 Å². The van der Waals surface area contributed by atoms with Crippen LogP contribution in [0.1, 0.15) is 6.42 Å². The first kappa shape index (κ1) is 12.4. The van der Waals surface area contributed by atoms with Crippen molar-refractivity contribution in [1.82, 2.24) is 10.2 Å². The van der Waals surface area contributed by atoms with Crippen LogP contribution >= 0.6 is 27.3 Å². The van der Waals surface area contributed by atoms with Gasteiger partial charge in [-0.25, -0.2) is 0 Å². The van der Waals surface area contributed by atoms with Gasteiger partial charge in [-0.15, -0.1) is 11.3 Å². The summed E-state index contributed by atoms with van der Waals surface area (Å²) in [5.41, 5.74) is 0. The first-order valence-corrected chi connectivity index (χ1v) is 7.43. The standard InChI is InChI=1S/C11H18BrN3S/c12-10-8-11(16-9-10)14-2-1-5-15-6-3-13-4-7-15/h8-9,13-14H,1-7H2. The van der Waals surface area contributed by atoms with Crippen LogP contribution in [-0.2, 0) is 0 Å². The lowest BCUT2D eigenvalue weighted by atomic mass is 10.3. The quantitative estimate of drug-likeness (QED) is 0.817. The van der Waals surface area contributed by atoms with Crippen LogP contribution in [0.15, 0.2) is 15.9 Å². The summed E-state index contributed by atoms with van der Waals surface area (Å²) in [6, 6.07) is 2.13. The second-order valence-corrected chi connectivity index (χ2v) is 5.83. The predicted octanol–water partition coefficient (Wildman–Crippen LogP) is 2.22. The molecule has 1 aromatic heterocycles. The third-order valence-electron chi connectivity index (χ3n) is 2.73. The van der Waals surface area contributed by atoms with Gasteiger partial charge >= 0.3 is 0 Å². The lowest BCUT2D eigenvalue weighted by molar-refractivity contribution is 0.240. The largest absolute Gasteiger partial charge is 0.377 e. The smallest absolute Gasteiger partial charge is 0.0894 e. The molecule has 1 fully saturated rings. The van der Waals surface area contributed by atoms with Gasteiger partial charge < -0.3 is 15.5 Å². The Morgan fingerprint density at radius 2 is 2.25 bits per heavy atom. The highest BCUT2D eigenvalue weighted by Crippen LogP contribution is 2.24. The Bertz CT molecular complexity index is 310. The summed E-state index contributed by atoms with van der Waals surface area (Å²) in [7, 11) is 0. The molecule has 0 unspecified atom stereocenters. The van der Waals surface area contributed by atoms with E-state index in [1.807, 2.05) is 0 Å². The molecule has 2 rings (SSSR count). The van der Waals surface area contributed by atoms with E-state index in [9.17, 15) is 0 Å². The van der Waals surface area contributed by atoms with Crippen LogP contribution in [0.3, 0.4) is 0 Å². The highest BCUT2D eigenvalue weighted by atomic mass is 79.9. The number of nitrogens with zero attached hydrogens (tertiary/aromatic N) is 1. The maximum absolute atomic E-state index is 3.46. The summed E-state index contributed by atoms with van der Waals surface area (Å²) < 4.78 is 1.17. The molecule has 1 aliphatic heterocycles. The highest BCUT2D eigenvalue weighted by molar-refractivity contribution is 9.10. The fourth-order valence-electron chi connectivity index (χ4n) is 1.85. The normalized spacial score (nSPS) is 17.6. The molecule has 90 valence electrons. The van der Waals surface area contributed by atoms with Crippen molar-refractivity contribution in [2.24, 2.45) is 0 Å². The summed E-state index contributed by atoms with van der Waals surface area (Å²) in [5.74, 6) is 0. The molecule has 2 N–H and O–H groups in total. The molecule has 0 radical (unpaired) electrons. The van der Waals surface area contributed by atoms with Crippen LogP contribution in [0.2, 0.25) is 0 Å². The number of nitrogens with one attached hydrogen (secondary N) is 2.